The molecule has 1 aromatic heterocycles. The summed E-state index contributed by atoms with van der Waals surface area (Å²) in [5.41, 5.74) is 3.56. The first-order chi connectivity index (χ1) is 18.9. The number of halogens is 1. The normalized spacial score (nSPS) is 13.3. The first kappa shape index (κ1) is 26.0. The first-order valence-electron chi connectivity index (χ1n) is 12.8. The fourth-order valence-electron chi connectivity index (χ4n) is 4.96. The van der Waals surface area contributed by atoms with Gasteiger partial charge in [0, 0.05) is 43.0 Å². The Kier molecular flexibility index (Phi) is 7.36. The minimum absolute atomic E-state index is 0.0769. The summed E-state index contributed by atoms with van der Waals surface area (Å²) in [5.74, 6) is 0.741. The van der Waals surface area contributed by atoms with E-state index < -0.39 is 0 Å². The van der Waals surface area contributed by atoms with Crippen LogP contribution in [0.25, 0.3) is 16.9 Å². The molecule has 200 valence electrons. The molecule has 0 bridgehead atoms. The number of amides is 2. The Bertz CT molecular complexity index is 1500. The number of benzene rings is 3. The van der Waals surface area contributed by atoms with E-state index in [-0.39, 0.29) is 17.6 Å². The number of hydrogen-bond donors (Lipinski definition) is 0. The molecule has 0 N–H and O–H groups in total. The minimum Gasteiger partial charge on any atom is -0.497 e. The summed E-state index contributed by atoms with van der Waals surface area (Å²) in [7, 11) is 3.17. The van der Waals surface area contributed by atoms with Crippen LogP contribution >= 0.6 is 0 Å². The van der Waals surface area contributed by atoms with Gasteiger partial charge in [-0.3, -0.25) is 9.59 Å². The number of ether oxygens (including phenoxy) is 2. The molecule has 7 nitrogen and oxygen atoms in total. The summed E-state index contributed by atoms with van der Waals surface area (Å²) in [6.07, 6.45) is 0. The van der Waals surface area contributed by atoms with E-state index in [0.717, 1.165) is 5.56 Å². The van der Waals surface area contributed by atoms with Gasteiger partial charge in [-0.05, 0) is 61.5 Å². The Morgan fingerprint density at radius 2 is 1.38 bits per heavy atom. The highest BCUT2D eigenvalue weighted by Crippen LogP contribution is 2.33. The summed E-state index contributed by atoms with van der Waals surface area (Å²) in [4.78, 5) is 30.2. The standard InChI is InChI=1S/C31H30FN3O4/c1-21-26(31(37)34-17-15-33(16-18-34)30(36)22-11-13-24(38-2)14-12-22)20-29(23-7-6-8-25(19-23)39-3)35(21)28-10-5-4-9-27(28)32/h4-14,19-20H,15-18H2,1-3H3. The van der Waals surface area contributed by atoms with Crippen molar-refractivity contribution in [2.24, 2.45) is 0 Å². The van der Waals surface area contributed by atoms with Gasteiger partial charge in [-0.25, -0.2) is 4.39 Å². The van der Waals surface area contributed by atoms with Gasteiger partial charge in [-0.15, -0.1) is 0 Å². The number of nitrogens with zero attached hydrogens (tertiary/aromatic N) is 3. The molecule has 5 rings (SSSR count). The van der Waals surface area contributed by atoms with Crippen molar-refractivity contribution in [3.8, 4) is 28.4 Å². The number of carbonyl (C=O) groups is 2. The smallest absolute Gasteiger partial charge is 0.255 e. The SMILES string of the molecule is COc1ccc(C(=O)N2CCN(C(=O)c3cc(-c4cccc(OC)c4)n(-c4ccccc4F)c3C)CC2)cc1. The second-order valence-corrected chi connectivity index (χ2v) is 9.36. The number of piperazine rings is 1. The van der Waals surface area contributed by atoms with Crippen LogP contribution in [0.15, 0.2) is 78.9 Å². The van der Waals surface area contributed by atoms with Gasteiger partial charge in [0.2, 0.25) is 0 Å². The van der Waals surface area contributed by atoms with Crippen molar-refractivity contribution in [3.05, 3.63) is 102 Å². The van der Waals surface area contributed by atoms with Crippen LogP contribution in [-0.2, 0) is 0 Å². The summed E-state index contributed by atoms with van der Waals surface area (Å²) >= 11 is 0. The summed E-state index contributed by atoms with van der Waals surface area (Å²) in [5, 5.41) is 0. The van der Waals surface area contributed by atoms with E-state index in [1.54, 1.807) is 71.1 Å². The molecule has 1 aliphatic heterocycles. The molecule has 2 heterocycles. The van der Waals surface area contributed by atoms with Crippen molar-refractivity contribution in [1.82, 2.24) is 14.4 Å². The summed E-state index contributed by atoms with van der Waals surface area (Å²) < 4.78 is 27.3. The number of para-hydroxylation sites is 1. The quantitative estimate of drug-likeness (QED) is 0.346. The van der Waals surface area contributed by atoms with Crippen LogP contribution in [0, 0.1) is 12.7 Å². The van der Waals surface area contributed by atoms with E-state index in [9.17, 15) is 14.0 Å². The van der Waals surface area contributed by atoms with Gasteiger partial charge >= 0.3 is 0 Å². The molecule has 39 heavy (non-hydrogen) atoms. The topological polar surface area (TPSA) is 64.0 Å². The lowest BCUT2D eigenvalue weighted by molar-refractivity contribution is 0.0535. The Morgan fingerprint density at radius 1 is 0.744 bits per heavy atom. The maximum Gasteiger partial charge on any atom is 0.255 e. The van der Waals surface area contributed by atoms with E-state index in [1.807, 2.05) is 37.3 Å². The third-order valence-electron chi connectivity index (χ3n) is 7.13. The third kappa shape index (κ3) is 5.10. The minimum atomic E-state index is -0.384. The highest BCUT2D eigenvalue weighted by molar-refractivity contribution is 5.98. The van der Waals surface area contributed by atoms with Gasteiger partial charge < -0.3 is 23.8 Å². The number of rotatable bonds is 6. The number of aromatic nitrogens is 1. The zero-order valence-corrected chi connectivity index (χ0v) is 22.2. The molecule has 1 aliphatic rings. The average molecular weight is 528 g/mol. The monoisotopic (exact) mass is 527 g/mol. The molecule has 0 aliphatic carbocycles. The van der Waals surface area contributed by atoms with Crippen LogP contribution in [0.2, 0.25) is 0 Å². The molecule has 3 aromatic carbocycles. The maximum atomic E-state index is 15.0. The highest BCUT2D eigenvalue weighted by atomic mass is 19.1. The third-order valence-corrected chi connectivity index (χ3v) is 7.13. The molecule has 0 unspecified atom stereocenters. The molecule has 1 saturated heterocycles. The predicted octanol–water partition coefficient (Wildman–Crippen LogP) is 5.21. The number of carbonyl (C=O) groups excluding carboxylic acids is 2. The zero-order valence-electron chi connectivity index (χ0n) is 22.2. The molecule has 1 fully saturated rings. The average Bonchev–Trinajstić information content (AvgIpc) is 3.33. The van der Waals surface area contributed by atoms with Crippen molar-refractivity contribution in [2.45, 2.75) is 6.92 Å². The Balaban J connectivity index is 1.42. The molecule has 8 heteroatoms. The summed E-state index contributed by atoms with van der Waals surface area (Å²) in [6.45, 7) is 3.48. The van der Waals surface area contributed by atoms with Gasteiger partial charge in [0.05, 0.1) is 31.2 Å². The van der Waals surface area contributed by atoms with E-state index in [2.05, 4.69) is 0 Å². The largest absolute Gasteiger partial charge is 0.497 e. The van der Waals surface area contributed by atoms with Gasteiger partial charge in [-0.2, -0.15) is 0 Å². The van der Waals surface area contributed by atoms with Crippen LogP contribution in [0.5, 0.6) is 11.5 Å². The predicted molar refractivity (Wildman–Crippen MR) is 147 cm³/mol. The lowest BCUT2D eigenvalue weighted by Crippen LogP contribution is -2.50. The highest BCUT2D eigenvalue weighted by Gasteiger charge is 2.29. The number of methoxy groups -OCH3 is 2. The summed E-state index contributed by atoms with van der Waals surface area (Å²) in [6, 6.07) is 22.8. The lowest BCUT2D eigenvalue weighted by atomic mass is 10.1. The first-order valence-corrected chi connectivity index (χ1v) is 12.8. The van der Waals surface area contributed by atoms with Gasteiger partial charge in [0.15, 0.2) is 0 Å². The van der Waals surface area contributed by atoms with Crippen LogP contribution in [-0.4, -0.2) is 66.6 Å². The Labute approximate surface area is 227 Å². The van der Waals surface area contributed by atoms with Gasteiger partial charge in [-0.1, -0.05) is 24.3 Å². The van der Waals surface area contributed by atoms with Crippen molar-refractivity contribution in [2.75, 3.05) is 40.4 Å². The van der Waals surface area contributed by atoms with Gasteiger partial charge in [0.1, 0.15) is 17.3 Å². The molecule has 4 aromatic rings. The Hall–Kier alpha value is -4.59. The van der Waals surface area contributed by atoms with Crippen molar-refractivity contribution < 1.29 is 23.5 Å². The fraction of sp³-hybridized carbons (Fsp3) is 0.226. The van der Waals surface area contributed by atoms with Crippen molar-refractivity contribution in [1.29, 1.82) is 0 Å². The van der Waals surface area contributed by atoms with Crippen LogP contribution < -0.4 is 9.47 Å². The molecule has 0 saturated carbocycles. The Morgan fingerprint density at radius 3 is 2.03 bits per heavy atom. The zero-order chi connectivity index (χ0) is 27.5. The molecule has 0 atom stereocenters. The van der Waals surface area contributed by atoms with Crippen molar-refractivity contribution >= 4 is 11.8 Å². The van der Waals surface area contributed by atoms with E-state index in [0.29, 0.717) is 65.9 Å². The lowest BCUT2D eigenvalue weighted by Gasteiger charge is -2.35. The van der Waals surface area contributed by atoms with Crippen LogP contribution in [0.1, 0.15) is 26.4 Å². The molecule has 0 spiro atoms. The molecule has 2 amide bonds. The molecular weight excluding hydrogens is 497 g/mol. The van der Waals surface area contributed by atoms with Crippen molar-refractivity contribution in [3.63, 3.8) is 0 Å². The van der Waals surface area contributed by atoms with E-state index in [1.165, 1.54) is 6.07 Å². The second-order valence-electron chi connectivity index (χ2n) is 9.36. The molecule has 0 radical (unpaired) electrons. The van der Waals surface area contributed by atoms with Gasteiger partial charge in [0.25, 0.3) is 11.8 Å². The maximum absolute atomic E-state index is 15.0. The van der Waals surface area contributed by atoms with E-state index in [4.69, 9.17) is 9.47 Å². The van der Waals surface area contributed by atoms with E-state index >= 15 is 0 Å². The number of hydrogen-bond acceptors (Lipinski definition) is 4. The van der Waals surface area contributed by atoms with Crippen LogP contribution in [0.4, 0.5) is 4.39 Å². The molecular formula is C31H30FN3O4. The fourth-order valence-corrected chi connectivity index (χ4v) is 4.96. The van der Waals surface area contributed by atoms with Crippen LogP contribution in [0.3, 0.4) is 0 Å². The second kappa shape index (κ2) is 11.0.